The van der Waals surface area contributed by atoms with E-state index in [1.165, 1.54) is 6.42 Å². The number of nitrogens with zero attached hydrogens (tertiary/aromatic N) is 3. The summed E-state index contributed by atoms with van der Waals surface area (Å²) in [6.45, 7) is 4.08. The molecule has 0 spiro atoms. The van der Waals surface area contributed by atoms with Gasteiger partial charge in [0.05, 0.1) is 0 Å². The fraction of sp³-hybridized carbons (Fsp3) is 0.778. The molecular formula is C9H16N4. The Morgan fingerprint density at radius 1 is 1.62 bits per heavy atom. The molecular weight excluding hydrogens is 164 g/mol. The van der Waals surface area contributed by atoms with E-state index < -0.39 is 0 Å². The van der Waals surface area contributed by atoms with Gasteiger partial charge in [0, 0.05) is 13.0 Å². The van der Waals surface area contributed by atoms with E-state index in [0.717, 1.165) is 37.1 Å². The van der Waals surface area contributed by atoms with Crippen LogP contribution < -0.4 is 5.32 Å². The monoisotopic (exact) mass is 180 g/mol. The second-order valence-electron chi connectivity index (χ2n) is 3.71. The number of aryl methyl sites for hydroxylation is 2. The third-order valence-electron chi connectivity index (χ3n) is 2.57. The summed E-state index contributed by atoms with van der Waals surface area (Å²) in [5.74, 6) is 2.80. The summed E-state index contributed by atoms with van der Waals surface area (Å²) in [6, 6.07) is 0. The van der Waals surface area contributed by atoms with Crippen LogP contribution in [-0.4, -0.2) is 28.4 Å². The largest absolute Gasteiger partial charge is 0.319 e. The van der Waals surface area contributed by atoms with Crippen LogP contribution in [0.2, 0.25) is 0 Å². The standard InChI is InChI=1S/C9H16N4/c1-7-11-9-5-8(6-10-2)3-4-13(9)12-7/h8,10H,3-6H2,1-2H3. The van der Waals surface area contributed by atoms with Crippen LogP contribution >= 0.6 is 0 Å². The fourth-order valence-corrected chi connectivity index (χ4v) is 1.96. The van der Waals surface area contributed by atoms with Crippen LogP contribution in [0.5, 0.6) is 0 Å². The molecule has 0 radical (unpaired) electrons. The number of fused-ring (bicyclic) bond motifs is 1. The zero-order valence-corrected chi connectivity index (χ0v) is 8.25. The lowest BCUT2D eigenvalue weighted by Gasteiger charge is -2.21. The lowest BCUT2D eigenvalue weighted by molar-refractivity contribution is 0.354. The van der Waals surface area contributed by atoms with Crippen molar-refractivity contribution in [3.05, 3.63) is 11.6 Å². The lowest BCUT2D eigenvalue weighted by Crippen LogP contribution is -2.27. The number of hydrogen-bond donors (Lipinski definition) is 1. The summed E-state index contributed by atoms with van der Waals surface area (Å²) in [4.78, 5) is 4.41. The molecule has 1 N–H and O–H groups in total. The highest BCUT2D eigenvalue weighted by molar-refractivity contribution is 4.96. The van der Waals surface area contributed by atoms with Gasteiger partial charge in [-0.15, -0.1) is 0 Å². The van der Waals surface area contributed by atoms with Gasteiger partial charge in [-0.25, -0.2) is 9.67 Å². The Balaban J connectivity index is 2.10. The molecule has 1 atom stereocenters. The van der Waals surface area contributed by atoms with Crippen LogP contribution in [0.3, 0.4) is 0 Å². The van der Waals surface area contributed by atoms with Gasteiger partial charge in [0.15, 0.2) is 0 Å². The van der Waals surface area contributed by atoms with Crippen LogP contribution in [0.4, 0.5) is 0 Å². The molecule has 2 heterocycles. The average Bonchev–Trinajstić information content (AvgIpc) is 2.44. The zero-order chi connectivity index (χ0) is 9.26. The summed E-state index contributed by atoms with van der Waals surface area (Å²) in [6.07, 6.45) is 2.29. The van der Waals surface area contributed by atoms with Gasteiger partial charge in [0.2, 0.25) is 0 Å². The van der Waals surface area contributed by atoms with Gasteiger partial charge in [-0.05, 0) is 32.9 Å². The Kier molecular flexibility index (Phi) is 2.31. The molecule has 0 saturated heterocycles. The van der Waals surface area contributed by atoms with Crippen molar-refractivity contribution < 1.29 is 0 Å². The number of aromatic nitrogens is 3. The average molecular weight is 180 g/mol. The molecule has 1 aromatic rings. The van der Waals surface area contributed by atoms with Crippen molar-refractivity contribution in [2.45, 2.75) is 26.3 Å². The first-order chi connectivity index (χ1) is 6.29. The highest BCUT2D eigenvalue weighted by atomic mass is 15.3. The van der Waals surface area contributed by atoms with E-state index in [0.29, 0.717) is 0 Å². The van der Waals surface area contributed by atoms with E-state index >= 15 is 0 Å². The van der Waals surface area contributed by atoms with E-state index in [9.17, 15) is 0 Å². The third kappa shape index (κ3) is 1.72. The molecule has 72 valence electrons. The summed E-state index contributed by atoms with van der Waals surface area (Å²) in [5.41, 5.74) is 0. The van der Waals surface area contributed by atoms with Gasteiger partial charge in [0.1, 0.15) is 11.6 Å². The van der Waals surface area contributed by atoms with Crippen LogP contribution in [0.1, 0.15) is 18.1 Å². The van der Waals surface area contributed by atoms with E-state index in [1.54, 1.807) is 0 Å². The predicted molar refractivity (Wildman–Crippen MR) is 50.5 cm³/mol. The van der Waals surface area contributed by atoms with E-state index in [-0.39, 0.29) is 0 Å². The van der Waals surface area contributed by atoms with Crippen LogP contribution in [0.15, 0.2) is 0 Å². The molecule has 2 rings (SSSR count). The molecule has 4 nitrogen and oxygen atoms in total. The smallest absolute Gasteiger partial charge is 0.147 e. The van der Waals surface area contributed by atoms with Crippen molar-refractivity contribution in [2.75, 3.05) is 13.6 Å². The van der Waals surface area contributed by atoms with Gasteiger partial charge >= 0.3 is 0 Å². The van der Waals surface area contributed by atoms with E-state index in [2.05, 4.69) is 15.4 Å². The minimum absolute atomic E-state index is 0.737. The minimum Gasteiger partial charge on any atom is -0.319 e. The summed E-state index contributed by atoms with van der Waals surface area (Å²) >= 11 is 0. The molecule has 1 aromatic heterocycles. The highest BCUT2D eigenvalue weighted by Crippen LogP contribution is 2.17. The van der Waals surface area contributed by atoms with Crippen molar-refractivity contribution in [1.29, 1.82) is 0 Å². The SMILES string of the molecule is CNCC1CCn2nc(C)nc2C1. The molecule has 0 aromatic carbocycles. The molecule has 0 amide bonds. The number of nitrogens with one attached hydrogen (secondary N) is 1. The quantitative estimate of drug-likeness (QED) is 0.715. The van der Waals surface area contributed by atoms with Crippen molar-refractivity contribution in [2.24, 2.45) is 5.92 Å². The van der Waals surface area contributed by atoms with Gasteiger partial charge in [-0.3, -0.25) is 0 Å². The normalized spacial score (nSPS) is 21.5. The Labute approximate surface area is 78.4 Å². The predicted octanol–water partition coefficient (Wildman–Crippen LogP) is 0.368. The Morgan fingerprint density at radius 2 is 2.46 bits per heavy atom. The molecule has 4 heteroatoms. The molecule has 0 bridgehead atoms. The van der Waals surface area contributed by atoms with Crippen LogP contribution in [-0.2, 0) is 13.0 Å². The Morgan fingerprint density at radius 3 is 3.23 bits per heavy atom. The second kappa shape index (κ2) is 3.46. The van der Waals surface area contributed by atoms with Crippen molar-refractivity contribution in [1.82, 2.24) is 20.1 Å². The molecule has 13 heavy (non-hydrogen) atoms. The van der Waals surface area contributed by atoms with Crippen LogP contribution in [0, 0.1) is 12.8 Å². The topological polar surface area (TPSA) is 42.7 Å². The summed E-state index contributed by atoms with van der Waals surface area (Å²) < 4.78 is 2.04. The lowest BCUT2D eigenvalue weighted by atomic mass is 9.98. The van der Waals surface area contributed by atoms with E-state index in [4.69, 9.17) is 0 Å². The maximum atomic E-state index is 4.41. The molecule has 0 fully saturated rings. The first-order valence-corrected chi connectivity index (χ1v) is 4.84. The molecule has 1 aliphatic heterocycles. The van der Waals surface area contributed by atoms with Gasteiger partial charge in [-0.2, -0.15) is 5.10 Å². The summed E-state index contributed by atoms with van der Waals surface area (Å²) in [7, 11) is 2.00. The van der Waals surface area contributed by atoms with E-state index in [1.807, 2.05) is 18.7 Å². The van der Waals surface area contributed by atoms with Gasteiger partial charge in [-0.1, -0.05) is 0 Å². The van der Waals surface area contributed by atoms with Gasteiger partial charge in [0.25, 0.3) is 0 Å². The first kappa shape index (κ1) is 8.69. The minimum atomic E-state index is 0.737. The first-order valence-electron chi connectivity index (χ1n) is 4.84. The van der Waals surface area contributed by atoms with Gasteiger partial charge < -0.3 is 5.32 Å². The Hall–Kier alpha value is -0.900. The molecule has 1 unspecified atom stereocenters. The number of hydrogen-bond acceptors (Lipinski definition) is 3. The van der Waals surface area contributed by atoms with Crippen molar-refractivity contribution in [3.63, 3.8) is 0 Å². The highest BCUT2D eigenvalue weighted by Gasteiger charge is 2.19. The summed E-state index contributed by atoms with van der Waals surface area (Å²) in [5, 5.41) is 7.55. The van der Waals surface area contributed by atoms with Crippen LogP contribution in [0.25, 0.3) is 0 Å². The zero-order valence-electron chi connectivity index (χ0n) is 8.25. The maximum Gasteiger partial charge on any atom is 0.147 e. The molecule has 0 saturated carbocycles. The fourth-order valence-electron chi connectivity index (χ4n) is 1.96. The third-order valence-corrected chi connectivity index (χ3v) is 2.57. The second-order valence-corrected chi connectivity index (χ2v) is 3.71. The molecule has 1 aliphatic rings. The molecule has 0 aliphatic carbocycles. The maximum absolute atomic E-state index is 4.41. The van der Waals surface area contributed by atoms with Crippen molar-refractivity contribution in [3.8, 4) is 0 Å². The Bertz CT molecular complexity index is 292. The van der Waals surface area contributed by atoms with Crippen molar-refractivity contribution >= 4 is 0 Å². The number of rotatable bonds is 2.